The molecule has 0 aliphatic heterocycles. The van der Waals surface area contributed by atoms with E-state index in [1.165, 1.54) is 0 Å². The maximum absolute atomic E-state index is 12.6. The zero-order valence-corrected chi connectivity index (χ0v) is 13.2. The largest absolute Gasteiger partial charge is 0.368 e. The quantitative estimate of drug-likeness (QED) is 0.891. The highest BCUT2D eigenvalue weighted by Gasteiger charge is 2.34. The molecule has 2 aromatic rings. The van der Waals surface area contributed by atoms with Gasteiger partial charge < -0.3 is 11.1 Å². The van der Waals surface area contributed by atoms with Crippen molar-refractivity contribution in [2.45, 2.75) is 32.7 Å². The molecule has 22 heavy (non-hydrogen) atoms. The zero-order chi connectivity index (χ0) is 16.3. The minimum atomic E-state index is -1.05. The summed E-state index contributed by atoms with van der Waals surface area (Å²) in [4.78, 5) is 24.4. The lowest BCUT2D eigenvalue weighted by Crippen LogP contribution is -2.56. The van der Waals surface area contributed by atoms with Crippen molar-refractivity contribution in [1.82, 2.24) is 5.32 Å². The summed E-state index contributed by atoms with van der Waals surface area (Å²) in [6, 6.07) is 13.2. The summed E-state index contributed by atoms with van der Waals surface area (Å²) in [7, 11) is 0. The Morgan fingerprint density at radius 3 is 2.41 bits per heavy atom. The lowest BCUT2D eigenvalue weighted by Gasteiger charge is -2.29. The van der Waals surface area contributed by atoms with Crippen molar-refractivity contribution in [3.8, 4) is 0 Å². The van der Waals surface area contributed by atoms with Crippen LogP contribution in [0.2, 0.25) is 0 Å². The Hall–Kier alpha value is -2.36. The van der Waals surface area contributed by atoms with E-state index in [2.05, 4.69) is 5.32 Å². The first-order valence-corrected chi connectivity index (χ1v) is 7.43. The summed E-state index contributed by atoms with van der Waals surface area (Å²) in [6.45, 7) is 5.66. The molecule has 0 spiro atoms. The standard InChI is InChI=1S/C18H22N2O2/c1-12(2)11-18(3,17(19)22)20-16(21)15-10-6-8-13-7-4-5-9-14(13)15/h4-10,12H,11H2,1-3H3,(H2,19,22)(H,20,21)/t18-/m0/s1. The molecule has 0 aromatic heterocycles. The van der Waals surface area contributed by atoms with Crippen molar-refractivity contribution < 1.29 is 9.59 Å². The third-order valence-electron chi connectivity index (χ3n) is 3.78. The molecule has 0 saturated heterocycles. The normalized spacial score (nSPS) is 13.8. The monoisotopic (exact) mass is 298 g/mol. The van der Waals surface area contributed by atoms with Gasteiger partial charge in [0.25, 0.3) is 5.91 Å². The van der Waals surface area contributed by atoms with Crippen molar-refractivity contribution in [3.63, 3.8) is 0 Å². The number of rotatable bonds is 5. The first kappa shape index (κ1) is 16.0. The van der Waals surface area contributed by atoms with Crippen LogP contribution in [0, 0.1) is 5.92 Å². The van der Waals surface area contributed by atoms with E-state index in [0.717, 1.165) is 10.8 Å². The van der Waals surface area contributed by atoms with E-state index in [-0.39, 0.29) is 11.8 Å². The highest BCUT2D eigenvalue weighted by atomic mass is 16.2. The molecule has 0 radical (unpaired) electrons. The first-order chi connectivity index (χ1) is 10.3. The van der Waals surface area contributed by atoms with E-state index in [1.54, 1.807) is 13.0 Å². The maximum Gasteiger partial charge on any atom is 0.252 e. The topological polar surface area (TPSA) is 72.2 Å². The van der Waals surface area contributed by atoms with Gasteiger partial charge in [-0.3, -0.25) is 9.59 Å². The Balaban J connectivity index is 2.36. The summed E-state index contributed by atoms with van der Waals surface area (Å²) in [6.07, 6.45) is 0.499. The molecule has 2 amide bonds. The van der Waals surface area contributed by atoms with Gasteiger partial charge in [-0.2, -0.15) is 0 Å². The molecular weight excluding hydrogens is 276 g/mol. The number of fused-ring (bicyclic) bond motifs is 1. The fraction of sp³-hybridized carbons (Fsp3) is 0.333. The molecule has 2 aromatic carbocycles. The predicted molar refractivity (Wildman–Crippen MR) is 88.5 cm³/mol. The molecule has 0 unspecified atom stereocenters. The van der Waals surface area contributed by atoms with Gasteiger partial charge in [-0.15, -0.1) is 0 Å². The fourth-order valence-corrected chi connectivity index (χ4v) is 2.77. The van der Waals surface area contributed by atoms with Crippen molar-refractivity contribution >= 4 is 22.6 Å². The van der Waals surface area contributed by atoms with Crippen LogP contribution >= 0.6 is 0 Å². The highest BCUT2D eigenvalue weighted by Crippen LogP contribution is 2.21. The summed E-state index contributed by atoms with van der Waals surface area (Å²) >= 11 is 0. The predicted octanol–water partition coefficient (Wildman–Crippen LogP) is 2.86. The Labute approximate surface area is 130 Å². The molecule has 0 heterocycles. The molecule has 3 N–H and O–H groups in total. The SMILES string of the molecule is CC(C)C[C@](C)(NC(=O)c1cccc2ccccc12)C(N)=O. The van der Waals surface area contributed by atoms with Crippen LogP contribution in [0.3, 0.4) is 0 Å². The van der Waals surface area contributed by atoms with Gasteiger partial charge >= 0.3 is 0 Å². The summed E-state index contributed by atoms with van der Waals surface area (Å²) in [5.41, 5.74) is 5.00. The van der Waals surface area contributed by atoms with Crippen molar-refractivity contribution in [2.75, 3.05) is 0 Å². The van der Waals surface area contributed by atoms with E-state index in [9.17, 15) is 9.59 Å². The molecule has 0 bridgehead atoms. The molecule has 116 valence electrons. The van der Waals surface area contributed by atoms with Crippen LogP contribution in [-0.2, 0) is 4.79 Å². The number of benzene rings is 2. The Morgan fingerprint density at radius 2 is 1.77 bits per heavy atom. The van der Waals surface area contributed by atoms with Gasteiger partial charge in [0.1, 0.15) is 5.54 Å². The van der Waals surface area contributed by atoms with Crippen LogP contribution in [0.4, 0.5) is 0 Å². The maximum atomic E-state index is 12.6. The van der Waals surface area contributed by atoms with Crippen molar-refractivity contribution in [1.29, 1.82) is 0 Å². The number of carbonyl (C=O) groups is 2. The molecule has 0 aliphatic rings. The fourth-order valence-electron chi connectivity index (χ4n) is 2.77. The lowest BCUT2D eigenvalue weighted by atomic mass is 9.89. The van der Waals surface area contributed by atoms with Gasteiger partial charge in [0.2, 0.25) is 5.91 Å². The second kappa shape index (κ2) is 6.18. The number of amides is 2. The Morgan fingerprint density at radius 1 is 1.14 bits per heavy atom. The summed E-state index contributed by atoms with van der Waals surface area (Å²) in [5.74, 6) is -0.557. The number of hydrogen-bond donors (Lipinski definition) is 2. The van der Waals surface area contributed by atoms with E-state index < -0.39 is 11.4 Å². The van der Waals surface area contributed by atoms with Crippen LogP contribution in [0.5, 0.6) is 0 Å². The minimum Gasteiger partial charge on any atom is -0.368 e. The van der Waals surface area contributed by atoms with Crippen molar-refractivity contribution in [3.05, 3.63) is 48.0 Å². The Kier molecular flexibility index (Phi) is 4.50. The highest BCUT2D eigenvalue weighted by molar-refractivity contribution is 6.08. The lowest BCUT2D eigenvalue weighted by molar-refractivity contribution is -0.124. The van der Waals surface area contributed by atoms with Crippen LogP contribution in [0.15, 0.2) is 42.5 Å². The summed E-state index contributed by atoms with van der Waals surface area (Å²) < 4.78 is 0. The van der Waals surface area contributed by atoms with E-state index in [4.69, 9.17) is 5.73 Å². The van der Waals surface area contributed by atoms with Crippen LogP contribution in [-0.4, -0.2) is 17.4 Å². The average Bonchev–Trinajstić information content (AvgIpc) is 2.45. The Bertz CT molecular complexity index is 704. The smallest absolute Gasteiger partial charge is 0.252 e. The first-order valence-electron chi connectivity index (χ1n) is 7.43. The zero-order valence-electron chi connectivity index (χ0n) is 13.2. The minimum absolute atomic E-state index is 0.241. The molecule has 0 fully saturated rings. The van der Waals surface area contributed by atoms with Gasteiger partial charge in [0.15, 0.2) is 0 Å². The van der Waals surface area contributed by atoms with E-state index in [1.807, 2.05) is 50.2 Å². The van der Waals surface area contributed by atoms with E-state index >= 15 is 0 Å². The van der Waals surface area contributed by atoms with Crippen molar-refractivity contribution in [2.24, 2.45) is 11.7 Å². The van der Waals surface area contributed by atoms with Gasteiger partial charge in [-0.25, -0.2) is 0 Å². The van der Waals surface area contributed by atoms with E-state index in [0.29, 0.717) is 12.0 Å². The van der Waals surface area contributed by atoms with Crippen LogP contribution < -0.4 is 11.1 Å². The van der Waals surface area contributed by atoms with Crippen LogP contribution in [0.25, 0.3) is 10.8 Å². The van der Waals surface area contributed by atoms with Gasteiger partial charge in [-0.05, 0) is 36.1 Å². The second-order valence-electron chi connectivity index (χ2n) is 6.28. The van der Waals surface area contributed by atoms with Gasteiger partial charge in [0, 0.05) is 5.56 Å². The molecular formula is C18H22N2O2. The molecule has 1 atom stereocenters. The number of carbonyl (C=O) groups excluding carboxylic acids is 2. The molecule has 4 heteroatoms. The third-order valence-corrected chi connectivity index (χ3v) is 3.78. The molecule has 0 aliphatic carbocycles. The summed E-state index contributed by atoms with van der Waals surface area (Å²) in [5, 5.41) is 4.67. The number of hydrogen-bond acceptors (Lipinski definition) is 2. The molecule has 2 rings (SSSR count). The molecule has 4 nitrogen and oxygen atoms in total. The van der Waals surface area contributed by atoms with Crippen LogP contribution in [0.1, 0.15) is 37.6 Å². The average molecular weight is 298 g/mol. The number of nitrogens with one attached hydrogen (secondary N) is 1. The number of primary amides is 1. The molecule has 0 saturated carbocycles. The third kappa shape index (κ3) is 3.27. The second-order valence-corrected chi connectivity index (χ2v) is 6.28. The number of nitrogens with two attached hydrogens (primary N) is 1. The van der Waals surface area contributed by atoms with Gasteiger partial charge in [0.05, 0.1) is 0 Å². The van der Waals surface area contributed by atoms with Gasteiger partial charge in [-0.1, -0.05) is 50.2 Å².